The lowest BCUT2D eigenvalue weighted by atomic mass is 9.41. The predicted molar refractivity (Wildman–Crippen MR) is 190 cm³/mol. The number of hydrogen-bond donors (Lipinski definition) is 2. The van der Waals surface area contributed by atoms with Gasteiger partial charge in [0.15, 0.2) is 12.4 Å². The van der Waals surface area contributed by atoms with Gasteiger partial charge < -0.3 is 33.9 Å². The lowest BCUT2D eigenvalue weighted by Gasteiger charge is -2.64. The molecule has 0 aromatic heterocycles. The average Bonchev–Trinajstić information content (AvgIpc) is 3.64. The minimum absolute atomic E-state index is 0.0493. The number of ether oxygens (including phenoxy) is 5. The molecule has 9 fully saturated rings. The Hall–Kier alpha value is -0.810. The van der Waals surface area contributed by atoms with Crippen LogP contribution < -0.4 is 0 Å². The molecule has 0 amide bonds. The lowest BCUT2D eigenvalue weighted by molar-refractivity contribution is -0.256. The molecule has 288 valence electrons. The molecule has 51 heavy (non-hydrogen) atoms. The Morgan fingerprint density at radius 2 is 1.71 bits per heavy atom. The lowest BCUT2D eigenvalue weighted by Crippen LogP contribution is -2.60. The molecule has 0 aromatic rings. The number of carbonyl (C=O) groups excluding carboxylic acids is 1. The van der Waals surface area contributed by atoms with Crippen molar-refractivity contribution in [1.29, 1.82) is 0 Å². The first-order valence-corrected chi connectivity index (χ1v) is 20.9. The highest BCUT2D eigenvalue weighted by atomic mass is 16.7. The summed E-state index contributed by atoms with van der Waals surface area (Å²) in [6, 6.07) is 0.508. The van der Waals surface area contributed by atoms with E-state index >= 15 is 0 Å². The quantitative estimate of drug-likeness (QED) is 0.321. The third-order valence-electron chi connectivity index (χ3n) is 18.0. The average molecular weight is 714 g/mol. The summed E-state index contributed by atoms with van der Waals surface area (Å²) in [5.41, 5.74) is -0.932. The van der Waals surface area contributed by atoms with Crippen LogP contribution in [0.2, 0.25) is 0 Å². The Balaban J connectivity index is 0.942. The van der Waals surface area contributed by atoms with Gasteiger partial charge in [-0.3, -0.25) is 9.69 Å². The maximum atomic E-state index is 13.1. The third-order valence-corrected chi connectivity index (χ3v) is 18.0. The van der Waals surface area contributed by atoms with Gasteiger partial charge in [-0.25, -0.2) is 0 Å². The molecule has 6 saturated carbocycles. The molecule has 0 radical (unpaired) electrons. The highest BCUT2D eigenvalue weighted by Crippen LogP contribution is 2.89. The fourth-order valence-electron chi connectivity index (χ4n) is 15.0. The molecule has 2 N–H and O–H groups in total. The van der Waals surface area contributed by atoms with Gasteiger partial charge in [-0.15, -0.1) is 0 Å². The van der Waals surface area contributed by atoms with Crippen LogP contribution in [0.3, 0.4) is 0 Å². The van der Waals surface area contributed by atoms with E-state index in [0.29, 0.717) is 23.3 Å². The SMILES string of the molecule is C[C@@H]1CC([C@H](OC(=O)C2CCC2)C(C)(C)O)OC2[C@H]1[C@@]1(C)CC[C@@]34C[C@@]35CC[C@H](O[C@H]3CN(C6COC6)CCO3)C(C)(C)[C@@H]5CCC4[C@]1(C)[C@H]2O. The number of aliphatic hydroxyl groups is 2. The van der Waals surface area contributed by atoms with Crippen molar-refractivity contribution in [3.8, 4) is 0 Å². The zero-order valence-corrected chi connectivity index (χ0v) is 32.5. The molecule has 9 heteroatoms. The maximum Gasteiger partial charge on any atom is 0.309 e. The Morgan fingerprint density at radius 1 is 0.980 bits per heavy atom. The molecule has 9 rings (SSSR count). The number of aliphatic hydroxyl groups excluding tert-OH is 1. The van der Waals surface area contributed by atoms with Gasteiger partial charge in [0.05, 0.1) is 68.3 Å². The summed E-state index contributed by atoms with van der Waals surface area (Å²) in [6.45, 7) is 19.8. The number of carbonyl (C=O) groups is 1. The fraction of sp³-hybridized carbons (Fsp3) is 0.976. The van der Waals surface area contributed by atoms with E-state index < -0.39 is 23.9 Å². The van der Waals surface area contributed by atoms with E-state index in [1.807, 2.05) is 0 Å². The molecular formula is C42H67NO8. The summed E-state index contributed by atoms with van der Waals surface area (Å²) >= 11 is 0. The van der Waals surface area contributed by atoms with Crippen LogP contribution >= 0.6 is 0 Å². The van der Waals surface area contributed by atoms with Crippen LogP contribution in [0.5, 0.6) is 0 Å². The van der Waals surface area contributed by atoms with E-state index in [-0.39, 0.29) is 63.9 Å². The molecule has 3 unspecified atom stereocenters. The van der Waals surface area contributed by atoms with Crippen molar-refractivity contribution in [3.05, 3.63) is 0 Å². The zero-order chi connectivity index (χ0) is 35.9. The van der Waals surface area contributed by atoms with Crippen LogP contribution in [0, 0.1) is 56.7 Å². The summed E-state index contributed by atoms with van der Waals surface area (Å²) in [7, 11) is 0. The van der Waals surface area contributed by atoms with Crippen LogP contribution in [-0.4, -0.2) is 102 Å². The van der Waals surface area contributed by atoms with E-state index in [2.05, 4.69) is 39.5 Å². The summed E-state index contributed by atoms with van der Waals surface area (Å²) < 4.78 is 31.7. The van der Waals surface area contributed by atoms with Gasteiger partial charge in [0, 0.05) is 12.0 Å². The molecule has 9 nitrogen and oxygen atoms in total. The van der Waals surface area contributed by atoms with Crippen LogP contribution in [0.25, 0.3) is 0 Å². The van der Waals surface area contributed by atoms with Crippen molar-refractivity contribution >= 4 is 5.97 Å². The number of fused-ring (bicyclic) bond motifs is 4. The van der Waals surface area contributed by atoms with E-state index in [9.17, 15) is 15.0 Å². The van der Waals surface area contributed by atoms with Gasteiger partial charge in [0.25, 0.3) is 0 Å². The first kappa shape index (κ1) is 35.9. The molecule has 3 heterocycles. The van der Waals surface area contributed by atoms with E-state index in [1.54, 1.807) is 13.8 Å². The molecule has 6 aliphatic carbocycles. The number of nitrogens with zero attached hydrogens (tertiary/aromatic N) is 1. The van der Waals surface area contributed by atoms with Gasteiger partial charge >= 0.3 is 5.97 Å². The number of morpholine rings is 1. The van der Waals surface area contributed by atoms with Gasteiger partial charge in [0.1, 0.15) is 0 Å². The van der Waals surface area contributed by atoms with E-state index in [0.717, 1.165) is 77.9 Å². The summed E-state index contributed by atoms with van der Waals surface area (Å²) in [5.74, 6) is 1.29. The smallest absolute Gasteiger partial charge is 0.309 e. The molecule has 3 saturated heterocycles. The van der Waals surface area contributed by atoms with Crippen LogP contribution in [-0.2, 0) is 28.5 Å². The topological polar surface area (TPSA) is 107 Å². The van der Waals surface area contributed by atoms with Gasteiger partial charge in [-0.05, 0) is 123 Å². The second kappa shape index (κ2) is 11.8. The normalized spacial score (nSPS) is 51.4. The van der Waals surface area contributed by atoms with E-state index in [4.69, 9.17) is 23.7 Å². The van der Waals surface area contributed by atoms with Crippen molar-refractivity contribution in [2.45, 2.75) is 168 Å². The Bertz CT molecular complexity index is 1370. The van der Waals surface area contributed by atoms with Gasteiger partial charge in [-0.1, -0.05) is 41.0 Å². The monoisotopic (exact) mass is 713 g/mol. The molecule has 0 bridgehead atoms. The van der Waals surface area contributed by atoms with Crippen molar-refractivity contribution in [2.24, 2.45) is 56.7 Å². The molecule has 0 aromatic carbocycles. The summed E-state index contributed by atoms with van der Waals surface area (Å²) in [5, 5.41) is 24.0. The fourth-order valence-corrected chi connectivity index (χ4v) is 15.0. The highest BCUT2D eigenvalue weighted by Gasteiger charge is 2.84. The first-order chi connectivity index (χ1) is 24.1. The van der Waals surface area contributed by atoms with Crippen LogP contribution in [0.15, 0.2) is 0 Å². The largest absolute Gasteiger partial charge is 0.456 e. The second-order valence-electron chi connectivity index (χ2n) is 20.8. The van der Waals surface area contributed by atoms with Crippen molar-refractivity contribution < 1.29 is 38.7 Å². The van der Waals surface area contributed by atoms with Crippen molar-refractivity contribution in [1.82, 2.24) is 4.90 Å². The molecular weight excluding hydrogens is 646 g/mol. The maximum absolute atomic E-state index is 13.1. The number of rotatable bonds is 7. The molecule has 14 atom stereocenters. The van der Waals surface area contributed by atoms with Crippen molar-refractivity contribution in [2.75, 3.05) is 32.9 Å². The van der Waals surface area contributed by atoms with Gasteiger partial charge in [-0.2, -0.15) is 0 Å². The molecule has 3 aliphatic heterocycles. The molecule has 2 spiro atoms. The Labute approximate surface area is 306 Å². The van der Waals surface area contributed by atoms with Gasteiger partial charge in [0.2, 0.25) is 0 Å². The summed E-state index contributed by atoms with van der Waals surface area (Å²) in [6.07, 6.45) is 9.64. The molecule has 9 aliphatic rings. The van der Waals surface area contributed by atoms with E-state index in [1.165, 1.54) is 25.7 Å². The van der Waals surface area contributed by atoms with Crippen LogP contribution in [0.4, 0.5) is 0 Å². The van der Waals surface area contributed by atoms with Crippen LogP contribution in [0.1, 0.15) is 119 Å². The Morgan fingerprint density at radius 3 is 2.37 bits per heavy atom. The predicted octanol–water partition coefficient (Wildman–Crippen LogP) is 5.72. The number of hydrogen-bond acceptors (Lipinski definition) is 9. The minimum atomic E-state index is -1.24. The zero-order valence-electron chi connectivity index (χ0n) is 32.5. The Kier molecular flexibility index (Phi) is 8.33. The standard InChI is InChI=1S/C42H67NO8/c1-24-19-27(35(38(4,5)46)51-36(45)25-9-8-10-25)49-33-32(24)39(6)15-16-42-23-41(42)14-13-30(50-31-20-43(17-18-48-31)26-21-47-22-26)37(2,3)28(41)11-12-29(42)40(39,7)34(33)44/h24-35,44,46H,8-23H2,1-7H3/t24-,27?,28+,29?,30+,31+,32+,33?,34+,35+,39-,40-,41-,42+/m1/s1. The second-order valence-corrected chi connectivity index (χ2v) is 20.8. The third kappa shape index (κ3) is 4.92. The van der Waals surface area contributed by atoms with Crippen molar-refractivity contribution in [3.63, 3.8) is 0 Å². The first-order valence-electron chi connectivity index (χ1n) is 20.9. The minimum Gasteiger partial charge on any atom is -0.456 e. The number of esters is 1. The summed E-state index contributed by atoms with van der Waals surface area (Å²) in [4.78, 5) is 15.6. The highest BCUT2D eigenvalue weighted by molar-refractivity contribution is 5.73.